The molecule has 1 aromatic heterocycles. The highest BCUT2D eigenvalue weighted by molar-refractivity contribution is 6.30. The van der Waals surface area contributed by atoms with Gasteiger partial charge in [-0.2, -0.15) is 0 Å². The maximum atomic E-state index is 13.0. The van der Waals surface area contributed by atoms with Gasteiger partial charge >= 0.3 is 0 Å². The second-order valence-corrected chi connectivity index (χ2v) is 9.35. The molecule has 0 aliphatic carbocycles. The van der Waals surface area contributed by atoms with Crippen LogP contribution in [0.2, 0.25) is 5.02 Å². The smallest absolute Gasteiger partial charge is 0.227 e. The van der Waals surface area contributed by atoms with Crippen molar-refractivity contribution < 1.29 is 14.6 Å². The van der Waals surface area contributed by atoms with Crippen molar-refractivity contribution in [1.82, 2.24) is 9.55 Å². The van der Waals surface area contributed by atoms with Gasteiger partial charge in [-0.05, 0) is 60.5 Å². The van der Waals surface area contributed by atoms with Crippen molar-refractivity contribution in [2.45, 2.75) is 38.3 Å². The molecule has 4 aromatic rings. The van der Waals surface area contributed by atoms with Crippen LogP contribution in [-0.4, -0.2) is 39.8 Å². The molecule has 35 heavy (non-hydrogen) atoms. The molecular weight excluding hydrogens is 462 g/mol. The molecule has 1 saturated heterocycles. The molecule has 1 fully saturated rings. The third-order valence-electron chi connectivity index (χ3n) is 6.48. The Bertz CT molecular complexity index is 1320. The second-order valence-electron chi connectivity index (χ2n) is 8.91. The highest BCUT2D eigenvalue weighted by atomic mass is 35.5. The van der Waals surface area contributed by atoms with Gasteiger partial charge in [0.15, 0.2) is 0 Å². The fourth-order valence-corrected chi connectivity index (χ4v) is 4.75. The van der Waals surface area contributed by atoms with Gasteiger partial charge in [0.05, 0.1) is 17.6 Å². The molecule has 0 unspecified atom stereocenters. The van der Waals surface area contributed by atoms with Crippen molar-refractivity contribution in [3.63, 3.8) is 0 Å². The standard InChI is InChI=1S/C28H28ClN3O3/c1-2-19-7-11-22(12-8-19)31-16-20(15-27(31)34)28-30-25-5-3-4-6-26(25)32(28)17-23(33)18-35-24-13-9-21(29)10-14-24/h3-14,20,23,33H,2,15-18H2,1H3/t20-,23-/m0/s1. The van der Waals surface area contributed by atoms with E-state index in [1.54, 1.807) is 24.3 Å². The molecule has 5 rings (SSSR count). The summed E-state index contributed by atoms with van der Waals surface area (Å²) in [4.78, 5) is 19.7. The fraction of sp³-hybridized carbons (Fsp3) is 0.286. The van der Waals surface area contributed by atoms with Crippen LogP contribution in [0.5, 0.6) is 5.75 Å². The summed E-state index contributed by atoms with van der Waals surface area (Å²) >= 11 is 5.93. The van der Waals surface area contributed by atoms with Gasteiger partial charge in [-0.25, -0.2) is 4.98 Å². The van der Waals surface area contributed by atoms with E-state index in [-0.39, 0.29) is 18.4 Å². The number of carbonyl (C=O) groups excluding carboxylic acids is 1. The van der Waals surface area contributed by atoms with Crippen LogP contribution in [-0.2, 0) is 17.8 Å². The first-order chi connectivity index (χ1) is 17.0. The molecule has 1 aliphatic heterocycles. The summed E-state index contributed by atoms with van der Waals surface area (Å²) in [5.41, 5.74) is 3.94. The fourth-order valence-electron chi connectivity index (χ4n) is 4.63. The van der Waals surface area contributed by atoms with Crippen molar-refractivity contribution in [2.75, 3.05) is 18.1 Å². The van der Waals surface area contributed by atoms with E-state index in [4.69, 9.17) is 21.3 Å². The number of fused-ring (bicyclic) bond motifs is 1. The Hall–Kier alpha value is -3.35. The van der Waals surface area contributed by atoms with Crippen LogP contribution in [0.15, 0.2) is 72.8 Å². The molecule has 0 radical (unpaired) electrons. The largest absolute Gasteiger partial charge is 0.491 e. The number of aryl methyl sites for hydroxylation is 1. The minimum atomic E-state index is -0.753. The Morgan fingerprint density at radius 3 is 2.57 bits per heavy atom. The van der Waals surface area contributed by atoms with E-state index in [9.17, 15) is 9.90 Å². The molecule has 3 aromatic carbocycles. The Kier molecular flexibility index (Phi) is 6.75. The Balaban J connectivity index is 1.36. The summed E-state index contributed by atoms with van der Waals surface area (Å²) in [7, 11) is 0. The number of aromatic nitrogens is 2. The Labute approximate surface area is 209 Å². The summed E-state index contributed by atoms with van der Waals surface area (Å²) in [6.07, 6.45) is 0.595. The summed E-state index contributed by atoms with van der Waals surface area (Å²) in [6.45, 7) is 3.13. The lowest BCUT2D eigenvalue weighted by molar-refractivity contribution is -0.117. The molecule has 2 heterocycles. The van der Waals surface area contributed by atoms with Gasteiger partial charge < -0.3 is 19.3 Å². The number of rotatable bonds is 8. The molecule has 1 N–H and O–H groups in total. The van der Waals surface area contributed by atoms with Gasteiger partial charge in [-0.1, -0.05) is 42.8 Å². The minimum absolute atomic E-state index is 0.0647. The average molecular weight is 490 g/mol. The van der Waals surface area contributed by atoms with Gasteiger partial charge in [0.25, 0.3) is 0 Å². The SMILES string of the molecule is CCc1ccc(N2C[C@@H](c3nc4ccccc4n3C[C@H](O)COc3ccc(Cl)cc3)CC2=O)cc1. The van der Waals surface area contributed by atoms with Crippen LogP contribution >= 0.6 is 11.6 Å². The number of hydrogen-bond acceptors (Lipinski definition) is 4. The monoisotopic (exact) mass is 489 g/mol. The highest BCUT2D eigenvalue weighted by Gasteiger charge is 2.35. The van der Waals surface area contributed by atoms with Crippen LogP contribution < -0.4 is 9.64 Å². The number of para-hydroxylation sites is 2. The third kappa shape index (κ3) is 5.04. The van der Waals surface area contributed by atoms with E-state index in [0.29, 0.717) is 30.3 Å². The van der Waals surface area contributed by atoms with E-state index in [1.165, 1.54) is 5.56 Å². The van der Waals surface area contributed by atoms with E-state index in [0.717, 1.165) is 29.0 Å². The third-order valence-corrected chi connectivity index (χ3v) is 6.73. The quantitative estimate of drug-likeness (QED) is 0.369. The van der Waals surface area contributed by atoms with E-state index in [2.05, 4.69) is 19.1 Å². The van der Waals surface area contributed by atoms with Crippen molar-refractivity contribution in [3.8, 4) is 5.75 Å². The Morgan fingerprint density at radius 1 is 1.09 bits per heavy atom. The number of hydrogen-bond donors (Lipinski definition) is 1. The average Bonchev–Trinajstić information content (AvgIpc) is 3.44. The van der Waals surface area contributed by atoms with Crippen LogP contribution in [0.25, 0.3) is 11.0 Å². The van der Waals surface area contributed by atoms with Crippen molar-refractivity contribution in [1.29, 1.82) is 0 Å². The van der Waals surface area contributed by atoms with Gasteiger partial charge in [0, 0.05) is 29.6 Å². The number of imidazole rings is 1. The van der Waals surface area contributed by atoms with E-state index >= 15 is 0 Å². The number of carbonyl (C=O) groups is 1. The maximum Gasteiger partial charge on any atom is 0.227 e. The lowest BCUT2D eigenvalue weighted by atomic mass is 10.1. The summed E-state index contributed by atoms with van der Waals surface area (Å²) in [5, 5.41) is 11.5. The maximum absolute atomic E-state index is 13.0. The molecule has 2 atom stereocenters. The van der Waals surface area contributed by atoms with Gasteiger partial charge in [-0.15, -0.1) is 0 Å². The molecule has 0 saturated carbocycles. The number of benzene rings is 3. The zero-order chi connectivity index (χ0) is 24.4. The van der Waals surface area contributed by atoms with E-state index in [1.807, 2.05) is 45.9 Å². The number of anilines is 1. The van der Waals surface area contributed by atoms with Crippen LogP contribution in [0.3, 0.4) is 0 Å². The van der Waals surface area contributed by atoms with Crippen LogP contribution in [0.1, 0.15) is 30.7 Å². The summed E-state index contributed by atoms with van der Waals surface area (Å²) in [6, 6.07) is 23.1. The lowest BCUT2D eigenvalue weighted by Crippen LogP contribution is -2.26. The second kappa shape index (κ2) is 10.1. The zero-order valence-electron chi connectivity index (χ0n) is 19.6. The molecular formula is C28H28ClN3O3. The summed E-state index contributed by atoms with van der Waals surface area (Å²) < 4.78 is 7.79. The minimum Gasteiger partial charge on any atom is -0.491 e. The number of ether oxygens (including phenoxy) is 1. The van der Waals surface area contributed by atoms with Crippen LogP contribution in [0.4, 0.5) is 5.69 Å². The number of aliphatic hydroxyl groups excluding tert-OH is 1. The van der Waals surface area contributed by atoms with Gasteiger partial charge in [-0.3, -0.25) is 4.79 Å². The first-order valence-electron chi connectivity index (χ1n) is 11.9. The van der Waals surface area contributed by atoms with Crippen molar-refractivity contribution >= 4 is 34.2 Å². The van der Waals surface area contributed by atoms with Gasteiger partial charge in [0.2, 0.25) is 5.91 Å². The van der Waals surface area contributed by atoms with Crippen LogP contribution in [0, 0.1) is 0 Å². The number of nitrogens with zero attached hydrogens (tertiary/aromatic N) is 3. The topological polar surface area (TPSA) is 67.6 Å². The van der Waals surface area contributed by atoms with Gasteiger partial charge in [0.1, 0.15) is 24.3 Å². The molecule has 0 spiro atoms. The number of amides is 1. The molecule has 180 valence electrons. The Morgan fingerprint density at radius 2 is 1.83 bits per heavy atom. The predicted octanol–water partition coefficient (Wildman–Crippen LogP) is 5.21. The molecule has 6 nitrogen and oxygen atoms in total. The molecule has 0 bridgehead atoms. The number of halogens is 1. The predicted molar refractivity (Wildman–Crippen MR) is 138 cm³/mol. The van der Waals surface area contributed by atoms with Crippen molar-refractivity contribution in [3.05, 3.63) is 89.2 Å². The highest BCUT2D eigenvalue weighted by Crippen LogP contribution is 2.33. The normalized spacial score (nSPS) is 16.7. The zero-order valence-corrected chi connectivity index (χ0v) is 20.4. The molecule has 1 amide bonds. The van der Waals surface area contributed by atoms with E-state index < -0.39 is 6.10 Å². The first-order valence-corrected chi connectivity index (χ1v) is 12.3. The molecule has 1 aliphatic rings. The lowest BCUT2D eigenvalue weighted by Gasteiger charge is -2.19. The molecule has 7 heteroatoms. The summed E-state index contributed by atoms with van der Waals surface area (Å²) in [5.74, 6) is 1.49. The first kappa shape index (κ1) is 23.4. The van der Waals surface area contributed by atoms with Crippen molar-refractivity contribution in [2.24, 2.45) is 0 Å². The number of aliphatic hydroxyl groups is 1.